The lowest BCUT2D eigenvalue weighted by molar-refractivity contribution is -0.126. The number of amides is 1. The molecule has 0 spiro atoms. The summed E-state index contributed by atoms with van der Waals surface area (Å²) in [5.74, 6) is 0.595. The van der Waals surface area contributed by atoms with E-state index in [1.807, 2.05) is 31.2 Å². The number of rotatable bonds is 4. The Kier molecular flexibility index (Phi) is 4.99. The van der Waals surface area contributed by atoms with Gasteiger partial charge in [-0.1, -0.05) is 40.5 Å². The first-order valence-corrected chi connectivity index (χ1v) is 7.67. The molecule has 3 atom stereocenters. The Hall–Kier alpha value is -0.870. The van der Waals surface area contributed by atoms with Crippen LogP contribution in [0.5, 0.6) is 0 Å². The number of benzene rings is 1. The van der Waals surface area contributed by atoms with Crippen molar-refractivity contribution in [2.75, 3.05) is 6.54 Å². The SMILES string of the molecule is C[C@@H](NC(=O)C1CCCC1CN)c1ccccc1Br. The summed E-state index contributed by atoms with van der Waals surface area (Å²) in [6, 6.07) is 8.01. The molecule has 1 aromatic rings. The van der Waals surface area contributed by atoms with Crippen LogP contribution in [-0.4, -0.2) is 12.5 Å². The van der Waals surface area contributed by atoms with E-state index in [0.29, 0.717) is 12.5 Å². The van der Waals surface area contributed by atoms with Gasteiger partial charge in [0.1, 0.15) is 0 Å². The van der Waals surface area contributed by atoms with Crippen molar-refractivity contribution in [3.63, 3.8) is 0 Å². The molecular weight excluding hydrogens is 304 g/mol. The van der Waals surface area contributed by atoms with Crippen LogP contribution in [-0.2, 0) is 4.79 Å². The number of nitrogens with two attached hydrogens (primary N) is 1. The molecule has 1 aromatic carbocycles. The van der Waals surface area contributed by atoms with Crippen LogP contribution >= 0.6 is 15.9 Å². The quantitative estimate of drug-likeness (QED) is 0.894. The topological polar surface area (TPSA) is 55.1 Å². The Morgan fingerprint density at radius 3 is 2.89 bits per heavy atom. The van der Waals surface area contributed by atoms with Crippen molar-refractivity contribution in [2.24, 2.45) is 17.6 Å². The van der Waals surface area contributed by atoms with Gasteiger partial charge in [0.05, 0.1) is 6.04 Å². The molecule has 0 heterocycles. The van der Waals surface area contributed by atoms with Crippen molar-refractivity contribution in [1.29, 1.82) is 0 Å². The fourth-order valence-corrected chi connectivity index (χ4v) is 3.52. The summed E-state index contributed by atoms with van der Waals surface area (Å²) < 4.78 is 1.03. The van der Waals surface area contributed by atoms with Crippen molar-refractivity contribution in [3.8, 4) is 0 Å². The zero-order valence-electron chi connectivity index (χ0n) is 11.2. The molecule has 2 rings (SSSR count). The van der Waals surface area contributed by atoms with Gasteiger partial charge in [0.15, 0.2) is 0 Å². The first-order valence-electron chi connectivity index (χ1n) is 6.88. The van der Waals surface area contributed by atoms with E-state index in [-0.39, 0.29) is 17.9 Å². The predicted molar refractivity (Wildman–Crippen MR) is 80.6 cm³/mol. The molecule has 1 aliphatic carbocycles. The van der Waals surface area contributed by atoms with E-state index in [1.54, 1.807) is 0 Å². The maximum absolute atomic E-state index is 12.3. The van der Waals surface area contributed by atoms with Gasteiger partial charge < -0.3 is 11.1 Å². The largest absolute Gasteiger partial charge is 0.349 e. The number of hydrogen-bond donors (Lipinski definition) is 2. The highest BCUT2D eigenvalue weighted by molar-refractivity contribution is 9.10. The number of halogens is 1. The third-order valence-electron chi connectivity index (χ3n) is 4.03. The number of carbonyl (C=O) groups excluding carboxylic acids is 1. The van der Waals surface area contributed by atoms with Crippen LogP contribution in [0.15, 0.2) is 28.7 Å². The van der Waals surface area contributed by atoms with Crippen molar-refractivity contribution < 1.29 is 4.79 Å². The van der Waals surface area contributed by atoms with E-state index in [2.05, 4.69) is 21.2 Å². The van der Waals surface area contributed by atoms with Gasteiger partial charge in [-0.25, -0.2) is 0 Å². The summed E-state index contributed by atoms with van der Waals surface area (Å²) in [5, 5.41) is 3.12. The van der Waals surface area contributed by atoms with Crippen molar-refractivity contribution in [3.05, 3.63) is 34.3 Å². The van der Waals surface area contributed by atoms with Crippen molar-refractivity contribution >= 4 is 21.8 Å². The molecule has 0 bridgehead atoms. The Labute approximate surface area is 123 Å². The summed E-state index contributed by atoms with van der Waals surface area (Å²) >= 11 is 3.52. The van der Waals surface area contributed by atoms with Crippen LogP contribution in [0.1, 0.15) is 37.8 Å². The smallest absolute Gasteiger partial charge is 0.223 e. The van der Waals surface area contributed by atoms with Crippen LogP contribution in [0, 0.1) is 11.8 Å². The molecule has 1 amide bonds. The Balaban J connectivity index is 2.01. The number of nitrogens with one attached hydrogen (secondary N) is 1. The lowest BCUT2D eigenvalue weighted by Crippen LogP contribution is -2.36. The molecule has 1 saturated carbocycles. The molecule has 0 aromatic heterocycles. The Bertz CT molecular complexity index is 450. The molecule has 1 aliphatic rings. The first kappa shape index (κ1) is 14.5. The van der Waals surface area contributed by atoms with Gasteiger partial charge in [-0.05, 0) is 43.9 Å². The molecular formula is C15H21BrN2O. The summed E-state index contributed by atoms with van der Waals surface area (Å²) in [6.07, 6.45) is 3.16. The normalized spacial score (nSPS) is 24.2. The fourth-order valence-electron chi connectivity index (χ4n) is 2.89. The molecule has 19 heavy (non-hydrogen) atoms. The minimum absolute atomic E-state index is 0.0158. The molecule has 1 fully saturated rings. The lowest BCUT2D eigenvalue weighted by Gasteiger charge is -2.21. The monoisotopic (exact) mass is 324 g/mol. The van der Waals surface area contributed by atoms with E-state index in [9.17, 15) is 4.79 Å². The maximum atomic E-state index is 12.3. The average Bonchev–Trinajstić information content (AvgIpc) is 2.87. The standard InChI is InChI=1S/C15H21BrN2O/c1-10(12-6-2-3-8-14(12)16)18-15(19)13-7-4-5-11(13)9-17/h2-3,6,8,10-11,13H,4-5,7,9,17H2,1H3,(H,18,19)/t10-,11?,13?/m1/s1. The highest BCUT2D eigenvalue weighted by Gasteiger charge is 2.32. The zero-order valence-corrected chi connectivity index (χ0v) is 12.8. The lowest BCUT2D eigenvalue weighted by atomic mass is 9.94. The van der Waals surface area contributed by atoms with E-state index < -0.39 is 0 Å². The number of carbonyl (C=O) groups is 1. The highest BCUT2D eigenvalue weighted by Crippen LogP contribution is 2.32. The third kappa shape index (κ3) is 3.37. The maximum Gasteiger partial charge on any atom is 0.223 e. The second-order valence-electron chi connectivity index (χ2n) is 5.28. The third-order valence-corrected chi connectivity index (χ3v) is 4.75. The molecule has 0 saturated heterocycles. The fraction of sp³-hybridized carbons (Fsp3) is 0.533. The second-order valence-corrected chi connectivity index (χ2v) is 6.14. The van der Waals surface area contributed by atoms with Gasteiger partial charge in [0.2, 0.25) is 5.91 Å². The molecule has 0 radical (unpaired) electrons. The Morgan fingerprint density at radius 2 is 2.21 bits per heavy atom. The number of hydrogen-bond acceptors (Lipinski definition) is 2. The minimum atomic E-state index is 0.0158. The van der Waals surface area contributed by atoms with E-state index in [1.165, 1.54) is 0 Å². The molecule has 0 aliphatic heterocycles. The van der Waals surface area contributed by atoms with E-state index in [4.69, 9.17) is 5.73 Å². The predicted octanol–water partition coefficient (Wildman–Crippen LogP) is 3.00. The van der Waals surface area contributed by atoms with Crippen LogP contribution < -0.4 is 11.1 Å². The molecule has 3 nitrogen and oxygen atoms in total. The minimum Gasteiger partial charge on any atom is -0.349 e. The van der Waals surface area contributed by atoms with Crippen molar-refractivity contribution in [2.45, 2.75) is 32.2 Å². The first-order chi connectivity index (χ1) is 9.13. The van der Waals surface area contributed by atoms with Gasteiger partial charge in [0.25, 0.3) is 0 Å². The Morgan fingerprint density at radius 1 is 1.47 bits per heavy atom. The van der Waals surface area contributed by atoms with Gasteiger partial charge in [-0.15, -0.1) is 0 Å². The second kappa shape index (κ2) is 6.53. The van der Waals surface area contributed by atoms with Gasteiger partial charge in [0, 0.05) is 10.4 Å². The summed E-state index contributed by atoms with van der Waals surface area (Å²) in [6.45, 7) is 2.63. The van der Waals surface area contributed by atoms with Gasteiger partial charge in [-0.2, -0.15) is 0 Å². The van der Waals surface area contributed by atoms with Gasteiger partial charge >= 0.3 is 0 Å². The van der Waals surface area contributed by atoms with E-state index >= 15 is 0 Å². The van der Waals surface area contributed by atoms with Crippen molar-refractivity contribution in [1.82, 2.24) is 5.32 Å². The summed E-state index contributed by atoms with van der Waals surface area (Å²) in [5.41, 5.74) is 6.85. The summed E-state index contributed by atoms with van der Waals surface area (Å²) in [4.78, 5) is 12.3. The van der Waals surface area contributed by atoms with E-state index in [0.717, 1.165) is 29.3 Å². The van der Waals surface area contributed by atoms with Crippen LogP contribution in [0.25, 0.3) is 0 Å². The molecule has 4 heteroatoms. The average molecular weight is 325 g/mol. The summed E-state index contributed by atoms with van der Waals surface area (Å²) in [7, 11) is 0. The highest BCUT2D eigenvalue weighted by atomic mass is 79.9. The van der Waals surface area contributed by atoms with Crippen LogP contribution in [0.2, 0.25) is 0 Å². The molecule has 3 N–H and O–H groups in total. The molecule has 2 unspecified atom stereocenters. The molecule has 104 valence electrons. The van der Waals surface area contributed by atoms with Crippen LogP contribution in [0.3, 0.4) is 0 Å². The van der Waals surface area contributed by atoms with Crippen LogP contribution in [0.4, 0.5) is 0 Å². The van der Waals surface area contributed by atoms with Gasteiger partial charge in [-0.3, -0.25) is 4.79 Å². The zero-order chi connectivity index (χ0) is 13.8.